The number of carboxylic acids is 1. The number of aryl methyl sites for hydroxylation is 1. The highest BCUT2D eigenvalue weighted by Crippen LogP contribution is 2.14. The number of methoxy groups -OCH3 is 1. The Balaban J connectivity index is 2.26. The normalized spacial score (nSPS) is 11.2. The van der Waals surface area contributed by atoms with E-state index in [0.29, 0.717) is 18.1 Å². The minimum Gasteiger partial charge on any atom is -0.478 e. The van der Waals surface area contributed by atoms with Gasteiger partial charge in [0.05, 0.1) is 13.2 Å². The molecule has 0 fully saturated rings. The van der Waals surface area contributed by atoms with Gasteiger partial charge >= 0.3 is 5.97 Å². The van der Waals surface area contributed by atoms with Crippen LogP contribution in [0.4, 0.5) is 0 Å². The van der Waals surface area contributed by atoms with Crippen LogP contribution in [0.5, 0.6) is 0 Å². The van der Waals surface area contributed by atoms with Gasteiger partial charge in [-0.3, -0.25) is 0 Å². The predicted molar refractivity (Wildman–Crippen MR) is 71.5 cm³/mol. The standard InChI is InChI=1S/C13H22N2O4/c1-10-12(13(16)17)8-11(19-10)9-14-4-5-15(2)6-7-18-3/h8,14H,4-7,9H2,1-3H3,(H,16,17). The molecular weight excluding hydrogens is 248 g/mol. The van der Waals surface area contributed by atoms with Gasteiger partial charge in [-0.15, -0.1) is 0 Å². The summed E-state index contributed by atoms with van der Waals surface area (Å²) in [4.78, 5) is 13.0. The second-order valence-corrected chi connectivity index (χ2v) is 4.46. The second-order valence-electron chi connectivity index (χ2n) is 4.46. The Morgan fingerprint density at radius 2 is 2.26 bits per heavy atom. The molecule has 1 aromatic heterocycles. The van der Waals surface area contributed by atoms with E-state index in [-0.39, 0.29) is 5.56 Å². The van der Waals surface area contributed by atoms with Crippen LogP contribution in [-0.4, -0.2) is 56.4 Å². The Labute approximate surface area is 113 Å². The molecule has 0 bridgehead atoms. The van der Waals surface area contributed by atoms with Gasteiger partial charge in [0.15, 0.2) is 0 Å². The highest BCUT2D eigenvalue weighted by Gasteiger charge is 2.13. The third kappa shape index (κ3) is 5.42. The van der Waals surface area contributed by atoms with Crippen LogP contribution in [0.2, 0.25) is 0 Å². The number of ether oxygens (including phenoxy) is 1. The van der Waals surface area contributed by atoms with E-state index < -0.39 is 5.97 Å². The molecule has 1 rings (SSSR count). The van der Waals surface area contributed by atoms with Crippen molar-refractivity contribution >= 4 is 5.97 Å². The average Bonchev–Trinajstić information content (AvgIpc) is 2.73. The summed E-state index contributed by atoms with van der Waals surface area (Å²) >= 11 is 0. The Kier molecular flexibility index (Phi) is 6.55. The van der Waals surface area contributed by atoms with Crippen molar-refractivity contribution in [3.8, 4) is 0 Å². The molecule has 0 radical (unpaired) electrons. The molecule has 0 amide bonds. The molecule has 0 aliphatic rings. The van der Waals surface area contributed by atoms with E-state index in [1.807, 2.05) is 7.05 Å². The first-order valence-corrected chi connectivity index (χ1v) is 6.25. The topological polar surface area (TPSA) is 74.9 Å². The molecule has 6 heteroatoms. The van der Waals surface area contributed by atoms with E-state index in [1.54, 1.807) is 20.1 Å². The molecule has 0 aliphatic heterocycles. The van der Waals surface area contributed by atoms with Crippen molar-refractivity contribution in [3.63, 3.8) is 0 Å². The van der Waals surface area contributed by atoms with Crippen LogP contribution >= 0.6 is 0 Å². The molecule has 0 atom stereocenters. The highest BCUT2D eigenvalue weighted by molar-refractivity contribution is 5.88. The molecule has 1 heterocycles. The average molecular weight is 270 g/mol. The maximum atomic E-state index is 10.9. The van der Waals surface area contributed by atoms with E-state index in [4.69, 9.17) is 14.3 Å². The minimum atomic E-state index is -0.952. The molecule has 0 saturated heterocycles. The van der Waals surface area contributed by atoms with Crippen LogP contribution in [0.1, 0.15) is 21.9 Å². The Bertz CT molecular complexity index is 403. The summed E-state index contributed by atoms with van der Waals surface area (Å²) in [6, 6.07) is 1.57. The summed E-state index contributed by atoms with van der Waals surface area (Å²) in [5.74, 6) is 0.141. The van der Waals surface area contributed by atoms with Gasteiger partial charge in [0.1, 0.15) is 17.1 Å². The summed E-state index contributed by atoms with van der Waals surface area (Å²) in [5.41, 5.74) is 0.231. The van der Waals surface area contributed by atoms with Crippen LogP contribution in [0.3, 0.4) is 0 Å². The smallest absolute Gasteiger partial charge is 0.339 e. The second kappa shape index (κ2) is 7.93. The number of furan rings is 1. The molecule has 0 unspecified atom stereocenters. The zero-order valence-electron chi connectivity index (χ0n) is 11.7. The lowest BCUT2D eigenvalue weighted by Gasteiger charge is -2.15. The fourth-order valence-corrected chi connectivity index (χ4v) is 1.68. The maximum Gasteiger partial charge on any atom is 0.339 e. The molecule has 6 nitrogen and oxygen atoms in total. The van der Waals surface area contributed by atoms with Crippen LogP contribution in [0.25, 0.3) is 0 Å². The van der Waals surface area contributed by atoms with Crippen LogP contribution in [0, 0.1) is 6.92 Å². The van der Waals surface area contributed by atoms with Gasteiger partial charge in [-0.05, 0) is 20.0 Å². The van der Waals surface area contributed by atoms with E-state index in [9.17, 15) is 4.79 Å². The van der Waals surface area contributed by atoms with Gasteiger partial charge in [0.25, 0.3) is 0 Å². The summed E-state index contributed by atoms with van der Waals surface area (Å²) in [5, 5.41) is 12.1. The van der Waals surface area contributed by atoms with Crippen LogP contribution < -0.4 is 5.32 Å². The summed E-state index contributed by atoms with van der Waals surface area (Å²) < 4.78 is 10.4. The summed E-state index contributed by atoms with van der Waals surface area (Å²) in [6.07, 6.45) is 0. The van der Waals surface area contributed by atoms with E-state index in [2.05, 4.69) is 10.2 Å². The molecule has 108 valence electrons. The van der Waals surface area contributed by atoms with Crippen molar-refractivity contribution < 1.29 is 19.1 Å². The van der Waals surface area contributed by atoms with E-state index in [1.165, 1.54) is 0 Å². The third-order valence-corrected chi connectivity index (χ3v) is 2.85. The minimum absolute atomic E-state index is 0.231. The van der Waals surface area contributed by atoms with Gasteiger partial charge in [-0.1, -0.05) is 0 Å². The monoisotopic (exact) mass is 270 g/mol. The van der Waals surface area contributed by atoms with Crippen LogP contribution in [0.15, 0.2) is 10.5 Å². The predicted octanol–water partition coefficient (Wildman–Crippen LogP) is 0.954. The largest absolute Gasteiger partial charge is 0.478 e. The number of carbonyl (C=O) groups is 1. The lowest BCUT2D eigenvalue weighted by molar-refractivity contribution is 0.0695. The van der Waals surface area contributed by atoms with Crippen molar-refractivity contribution in [1.82, 2.24) is 10.2 Å². The Morgan fingerprint density at radius 3 is 2.84 bits per heavy atom. The molecule has 0 saturated carbocycles. The quantitative estimate of drug-likeness (QED) is 0.651. The molecular formula is C13H22N2O4. The number of hydrogen-bond donors (Lipinski definition) is 2. The van der Waals surface area contributed by atoms with Gasteiger partial charge in [-0.25, -0.2) is 4.79 Å². The lowest BCUT2D eigenvalue weighted by atomic mass is 10.2. The van der Waals surface area contributed by atoms with Crippen molar-refractivity contribution in [2.24, 2.45) is 0 Å². The molecule has 0 aromatic carbocycles. The number of nitrogens with zero attached hydrogens (tertiary/aromatic N) is 1. The molecule has 2 N–H and O–H groups in total. The number of rotatable bonds is 9. The molecule has 19 heavy (non-hydrogen) atoms. The van der Waals surface area contributed by atoms with Crippen molar-refractivity contribution in [1.29, 1.82) is 0 Å². The summed E-state index contributed by atoms with van der Waals surface area (Å²) in [7, 11) is 3.71. The Morgan fingerprint density at radius 1 is 1.53 bits per heavy atom. The van der Waals surface area contributed by atoms with E-state index >= 15 is 0 Å². The maximum absolute atomic E-state index is 10.9. The van der Waals surface area contributed by atoms with Crippen molar-refractivity contribution in [2.45, 2.75) is 13.5 Å². The number of aromatic carboxylic acids is 1. The number of nitrogens with one attached hydrogen (secondary N) is 1. The van der Waals surface area contributed by atoms with Crippen molar-refractivity contribution in [2.75, 3.05) is 40.4 Å². The number of carboxylic acid groups (broad SMARTS) is 1. The first kappa shape index (κ1) is 15.7. The van der Waals surface area contributed by atoms with E-state index in [0.717, 1.165) is 26.2 Å². The first-order valence-electron chi connectivity index (χ1n) is 6.25. The number of likely N-dealkylation sites (N-methyl/N-ethyl adjacent to an activating group) is 1. The van der Waals surface area contributed by atoms with Gasteiger partial charge in [0, 0.05) is 26.7 Å². The highest BCUT2D eigenvalue weighted by atomic mass is 16.5. The lowest BCUT2D eigenvalue weighted by Crippen LogP contribution is -2.31. The van der Waals surface area contributed by atoms with Gasteiger partial charge in [-0.2, -0.15) is 0 Å². The molecule has 0 aliphatic carbocycles. The SMILES string of the molecule is COCCN(C)CCNCc1cc(C(=O)O)c(C)o1. The van der Waals surface area contributed by atoms with Crippen molar-refractivity contribution in [3.05, 3.63) is 23.2 Å². The zero-order valence-corrected chi connectivity index (χ0v) is 11.7. The zero-order chi connectivity index (χ0) is 14.3. The Hall–Kier alpha value is -1.37. The van der Waals surface area contributed by atoms with Gasteiger partial charge < -0.3 is 24.5 Å². The fraction of sp³-hybridized carbons (Fsp3) is 0.615. The van der Waals surface area contributed by atoms with Crippen LogP contribution in [-0.2, 0) is 11.3 Å². The molecule has 0 spiro atoms. The van der Waals surface area contributed by atoms with Gasteiger partial charge in [0.2, 0.25) is 0 Å². The fourth-order valence-electron chi connectivity index (χ4n) is 1.68. The first-order chi connectivity index (χ1) is 9.04. The molecule has 1 aromatic rings. The summed E-state index contributed by atoms with van der Waals surface area (Å²) in [6.45, 7) is 5.51. The number of hydrogen-bond acceptors (Lipinski definition) is 5. The third-order valence-electron chi connectivity index (χ3n) is 2.85.